The molecule has 1 saturated heterocycles. The van der Waals surface area contributed by atoms with Crippen LogP contribution in [0.5, 0.6) is 5.75 Å². The Labute approximate surface area is 105 Å². The van der Waals surface area contributed by atoms with Gasteiger partial charge in [-0.1, -0.05) is 0 Å². The molecule has 0 N–H and O–H groups in total. The molecule has 1 aliphatic heterocycles. The van der Waals surface area contributed by atoms with E-state index in [1.54, 1.807) is 6.07 Å². The van der Waals surface area contributed by atoms with Crippen molar-refractivity contribution in [2.75, 3.05) is 37.8 Å². The molecule has 1 aliphatic rings. The predicted octanol–water partition coefficient (Wildman–Crippen LogP) is 1.63. The average Bonchev–Trinajstić information content (AvgIpc) is 2.40. The Bertz CT molecular complexity index is 430. The minimum absolute atomic E-state index is 0.0547. The Morgan fingerprint density at radius 2 is 2.28 bits per heavy atom. The quantitative estimate of drug-likeness (QED) is 0.601. The normalized spacial score (nSPS) is 15.5. The van der Waals surface area contributed by atoms with Gasteiger partial charge in [-0.25, -0.2) is 0 Å². The predicted molar refractivity (Wildman–Crippen MR) is 66.1 cm³/mol. The number of ether oxygens (including phenoxy) is 2. The summed E-state index contributed by atoms with van der Waals surface area (Å²) in [4.78, 5) is 12.6. The van der Waals surface area contributed by atoms with Crippen molar-refractivity contribution in [2.45, 2.75) is 6.92 Å². The van der Waals surface area contributed by atoms with Gasteiger partial charge >= 0.3 is 0 Å². The maximum Gasteiger partial charge on any atom is 0.296 e. The minimum atomic E-state index is -0.388. The van der Waals surface area contributed by atoms with Crippen LogP contribution in [-0.4, -0.2) is 37.8 Å². The van der Waals surface area contributed by atoms with E-state index in [4.69, 9.17) is 9.47 Å². The summed E-state index contributed by atoms with van der Waals surface area (Å²) in [5, 5.41) is 11.1. The summed E-state index contributed by atoms with van der Waals surface area (Å²) in [5.74, 6) is 0.404. The van der Waals surface area contributed by atoms with Crippen LogP contribution in [0, 0.1) is 16.2 Å². The van der Waals surface area contributed by atoms with Gasteiger partial charge in [-0.15, -0.1) is 0 Å². The number of rotatable bonds is 4. The second-order valence-corrected chi connectivity index (χ2v) is 3.86. The van der Waals surface area contributed by atoms with Crippen LogP contribution in [0.1, 0.15) is 6.92 Å². The lowest BCUT2D eigenvalue weighted by Gasteiger charge is -2.28. The topological polar surface area (TPSA) is 64.8 Å². The Hall–Kier alpha value is -1.82. The van der Waals surface area contributed by atoms with E-state index in [1.165, 1.54) is 6.07 Å². The Morgan fingerprint density at radius 3 is 2.89 bits per heavy atom. The second kappa shape index (κ2) is 5.68. The standard InChI is InChI=1S/C12H15N2O4/c1-2-18-10-3-4-11(12(9-10)14(15)16)13-5-7-17-8-6-13/h4,9H,2,5-8H2,1H3. The van der Waals surface area contributed by atoms with Gasteiger partial charge in [0.15, 0.2) is 0 Å². The molecular weight excluding hydrogens is 236 g/mol. The van der Waals surface area contributed by atoms with Crippen molar-refractivity contribution in [2.24, 2.45) is 0 Å². The van der Waals surface area contributed by atoms with Crippen LogP contribution in [-0.2, 0) is 4.74 Å². The highest BCUT2D eigenvalue weighted by atomic mass is 16.6. The maximum absolute atomic E-state index is 11.1. The molecule has 97 valence electrons. The Kier molecular flexibility index (Phi) is 3.99. The van der Waals surface area contributed by atoms with Gasteiger partial charge in [-0.3, -0.25) is 10.1 Å². The molecule has 2 rings (SSSR count). The number of nitro benzene ring substituents is 1. The van der Waals surface area contributed by atoms with E-state index in [2.05, 4.69) is 6.07 Å². The summed E-state index contributed by atoms with van der Waals surface area (Å²) in [7, 11) is 0. The molecular formula is C12H15N2O4. The highest BCUT2D eigenvalue weighted by Crippen LogP contribution is 2.32. The zero-order valence-corrected chi connectivity index (χ0v) is 10.2. The fraction of sp³-hybridized carbons (Fsp3) is 0.500. The van der Waals surface area contributed by atoms with E-state index in [1.807, 2.05) is 11.8 Å². The molecule has 6 nitrogen and oxygen atoms in total. The second-order valence-electron chi connectivity index (χ2n) is 3.86. The van der Waals surface area contributed by atoms with Gasteiger partial charge in [-0.2, -0.15) is 0 Å². The van der Waals surface area contributed by atoms with Crippen molar-refractivity contribution in [3.63, 3.8) is 0 Å². The number of nitrogens with zero attached hydrogens (tertiary/aromatic N) is 2. The molecule has 1 aromatic rings. The number of benzene rings is 1. The summed E-state index contributed by atoms with van der Waals surface area (Å²) >= 11 is 0. The molecule has 0 aromatic heterocycles. The molecule has 0 saturated carbocycles. The first-order valence-corrected chi connectivity index (χ1v) is 5.88. The summed E-state index contributed by atoms with van der Waals surface area (Å²) < 4.78 is 10.5. The van der Waals surface area contributed by atoms with Gasteiger partial charge in [0.1, 0.15) is 11.4 Å². The molecule has 6 heteroatoms. The lowest BCUT2D eigenvalue weighted by Crippen LogP contribution is -2.36. The lowest BCUT2D eigenvalue weighted by atomic mass is 10.2. The zero-order valence-electron chi connectivity index (χ0n) is 10.2. The molecule has 0 spiro atoms. The number of anilines is 1. The zero-order chi connectivity index (χ0) is 13.0. The summed E-state index contributed by atoms with van der Waals surface area (Å²) in [6.07, 6.45) is 0. The van der Waals surface area contributed by atoms with Crippen molar-refractivity contribution >= 4 is 11.4 Å². The average molecular weight is 251 g/mol. The van der Waals surface area contributed by atoms with E-state index >= 15 is 0 Å². The summed E-state index contributed by atoms with van der Waals surface area (Å²) in [5.41, 5.74) is 0.630. The highest BCUT2D eigenvalue weighted by Gasteiger charge is 2.22. The SMILES string of the molecule is CCOc1[c]cc(N2CCOCC2)c([N+](=O)[O-])c1. The number of nitro groups is 1. The van der Waals surface area contributed by atoms with Gasteiger partial charge in [0.2, 0.25) is 0 Å². The van der Waals surface area contributed by atoms with Gasteiger partial charge in [-0.05, 0) is 13.0 Å². The summed E-state index contributed by atoms with van der Waals surface area (Å²) in [6, 6.07) is 5.97. The number of hydrogen-bond acceptors (Lipinski definition) is 5. The lowest BCUT2D eigenvalue weighted by molar-refractivity contribution is -0.384. The molecule has 1 heterocycles. The Balaban J connectivity index is 2.30. The van der Waals surface area contributed by atoms with Crippen molar-refractivity contribution in [1.82, 2.24) is 0 Å². The van der Waals surface area contributed by atoms with Gasteiger partial charge < -0.3 is 14.4 Å². The van der Waals surface area contributed by atoms with Gasteiger partial charge in [0, 0.05) is 19.2 Å². The molecule has 0 aliphatic carbocycles. The van der Waals surface area contributed by atoms with E-state index in [9.17, 15) is 10.1 Å². The van der Waals surface area contributed by atoms with Crippen LogP contribution in [0.25, 0.3) is 0 Å². The van der Waals surface area contributed by atoms with Crippen LogP contribution >= 0.6 is 0 Å². The van der Waals surface area contributed by atoms with Crippen molar-refractivity contribution in [3.05, 3.63) is 28.3 Å². The molecule has 0 atom stereocenters. The first-order valence-electron chi connectivity index (χ1n) is 5.88. The third kappa shape index (κ3) is 2.70. The molecule has 0 unspecified atom stereocenters. The number of morpholine rings is 1. The van der Waals surface area contributed by atoms with Gasteiger partial charge in [0.25, 0.3) is 5.69 Å². The van der Waals surface area contributed by atoms with Crippen molar-refractivity contribution < 1.29 is 14.4 Å². The summed E-state index contributed by atoms with van der Waals surface area (Å²) in [6.45, 7) is 4.78. The fourth-order valence-corrected chi connectivity index (χ4v) is 1.90. The molecule has 0 amide bonds. The first-order chi connectivity index (χ1) is 8.72. The van der Waals surface area contributed by atoms with Crippen LogP contribution in [0.2, 0.25) is 0 Å². The highest BCUT2D eigenvalue weighted by molar-refractivity contribution is 5.65. The van der Waals surface area contributed by atoms with Crippen LogP contribution in [0.3, 0.4) is 0 Å². The molecule has 0 bridgehead atoms. The maximum atomic E-state index is 11.1. The molecule has 1 fully saturated rings. The van der Waals surface area contributed by atoms with Crippen LogP contribution in [0.4, 0.5) is 11.4 Å². The van der Waals surface area contributed by atoms with Crippen molar-refractivity contribution in [1.29, 1.82) is 0 Å². The van der Waals surface area contributed by atoms with Gasteiger partial charge in [0.05, 0.1) is 30.8 Å². The van der Waals surface area contributed by atoms with Crippen molar-refractivity contribution in [3.8, 4) is 5.75 Å². The van der Waals surface area contributed by atoms with E-state index in [0.29, 0.717) is 44.3 Å². The number of hydrogen-bond donors (Lipinski definition) is 0. The monoisotopic (exact) mass is 251 g/mol. The minimum Gasteiger partial charge on any atom is -0.493 e. The first kappa shape index (κ1) is 12.6. The smallest absolute Gasteiger partial charge is 0.296 e. The largest absolute Gasteiger partial charge is 0.493 e. The van der Waals surface area contributed by atoms with E-state index in [0.717, 1.165) is 0 Å². The van der Waals surface area contributed by atoms with Crippen LogP contribution < -0.4 is 9.64 Å². The van der Waals surface area contributed by atoms with Crippen LogP contribution in [0.15, 0.2) is 12.1 Å². The molecule has 18 heavy (non-hydrogen) atoms. The molecule has 1 radical (unpaired) electrons. The third-order valence-corrected chi connectivity index (χ3v) is 2.73. The molecule has 1 aromatic carbocycles. The third-order valence-electron chi connectivity index (χ3n) is 2.73. The van der Waals surface area contributed by atoms with E-state index < -0.39 is 0 Å². The Morgan fingerprint density at radius 1 is 1.56 bits per heavy atom. The fourth-order valence-electron chi connectivity index (χ4n) is 1.90. The van der Waals surface area contributed by atoms with E-state index in [-0.39, 0.29) is 10.6 Å².